The van der Waals surface area contributed by atoms with Crippen molar-refractivity contribution in [2.24, 2.45) is 0 Å². The molecule has 110 valence electrons. The first-order chi connectivity index (χ1) is 9.88. The number of rotatable bonds is 3. The Morgan fingerprint density at radius 2 is 1.71 bits per heavy atom. The van der Waals surface area contributed by atoms with E-state index in [0.717, 1.165) is 5.56 Å². The zero-order chi connectivity index (χ0) is 15.6. The molecule has 0 saturated heterocycles. The maximum atomic E-state index is 12.3. The Labute approximate surface area is 131 Å². The summed E-state index contributed by atoms with van der Waals surface area (Å²) in [6.45, 7) is 8.26. The second-order valence-electron chi connectivity index (χ2n) is 5.50. The number of hydrogen-bond acceptors (Lipinski definition) is 1. The molecule has 0 aliphatic heterocycles. The molecule has 0 bridgehead atoms. The van der Waals surface area contributed by atoms with Gasteiger partial charge in [-0.3, -0.25) is 4.79 Å². The van der Waals surface area contributed by atoms with Crippen molar-refractivity contribution in [2.75, 3.05) is 0 Å². The van der Waals surface area contributed by atoms with Gasteiger partial charge in [-0.25, -0.2) is 0 Å². The minimum absolute atomic E-state index is 0.0456. The van der Waals surface area contributed by atoms with Crippen LogP contribution in [0.25, 0.3) is 0 Å². The smallest absolute Gasteiger partial charge is 0.251 e. The normalized spacial score (nSPS) is 12.0. The lowest BCUT2D eigenvalue weighted by Gasteiger charge is -2.18. The number of aryl methyl sites for hydroxylation is 3. The van der Waals surface area contributed by atoms with Crippen LogP contribution in [0.5, 0.6) is 0 Å². The molecule has 0 aliphatic rings. The molecule has 0 unspecified atom stereocenters. The molecule has 0 aromatic heterocycles. The predicted molar refractivity (Wildman–Crippen MR) is 88.0 cm³/mol. The van der Waals surface area contributed by atoms with Crippen LogP contribution in [0.2, 0.25) is 5.02 Å². The van der Waals surface area contributed by atoms with Crippen LogP contribution in [0.15, 0.2) is 36.4 Å². The fourth-order valence-electron chi connectivity index (χ4n) is 2.44. The average molecular weight is 302 g/mol. The summed E-state index contributed by atoms with van der Waals surface area (Å²) in [5.41, 5.74) is 5.42. The molecule has 0 fully saturated rings. The zero-order valence-corrected chi connectivity index (χ0v) is 13.6. The highest BCUT2D eigenvalue weighted by Gasteiger charge is 2.14. The maximum absolute atomic E-state index is 12.3. The van der Waals surface area contributed by atoms with Gasteiger partial charge < -0.3 is 5.32 Å². The van der Waals surface area contributed by atoms with E-state index in [2.05, 4.69) is 38.2 Å². The molecule has 2 aromatic rings. The van der Waals surface area contributed by atoms with Crippen molar-refractivity contribution in [3.05, 3.63) is 69.2 Å². The average Bonchev–Trinajstić information content (AvgIpc) is 2.42. The molecular weight excluding hydrogens is 282 g/mol. The van der Waals surface area contributed by atoms with E-state index in [1.54, 1.807) is 24.3 Å². The van der Waals surface area contributed by atoms with E-state index in [1.165, 1.54) is 16.7 Å². The Balaban J connectivity index is 2.20. The fraction of sp³-hybridized carbons (Fsp3) is 0.278. The van der Waals surface area contributed by atoms with Gasteiger partial charge in [0.25, 0.3) is 5.91 Å². The molecule has 21 heavy (non-hydrogen) atoms. The van der Waals surface area contributed by atoms with Crippen LogP contribution in [-0.4, -0.2) is 5.91 Å². The Bertz CT molecular complexity index is 679. The lowest BCUT2D eigenvalue weighted by molar-refractivity contribution is 0.0940. The van der Waals surface area contributed by atoms with Crippen molar-refractivity contribution in [2.45, 2.75) is 33.7 Å². The third kappa shape index (κ3) is 3.64. The van der Waals surface area contributed by atoms with Gasteiger partial charge >= 0.3 is 0 Å². The molecule has 2 rings (SSSR count). The molecule has 2 nitrogen and oxygen atoms in total. The number of nitrogens with one attached hydrogen (secondary N) is 1. The Kier molecular flexibility index (Phi) is 4.69. The highest BCUT2D eigenvalue weighted by atomic mass is 35.5. The second-order valence-corrected chi connectivity index (χ2v) is 5.93. The maximum Gasteiger partial charge on any atom is 0.251 e. The number of hydrogen-bond donors (Lipinski definition) is 1. The topological polar surface area (TPSA) is 29.1 Å². The quantitative estimate of drug-likeness (QED) is 0.870. The van der Waals surface area contributed by atoms with Crippen LogP contribution in [-0.2, 0) is 0 Å². The fourth-order valence-corrected chi connectivity index (χ4v) is 2.63. The monoisotopic (exact) mass is 301 g/mol. The van der Waals surface area contributed by atoms with Crippen LogP contribution >= 0.6 is 11.6 Å². The van der Waals surface area contributed by atoms with Crippen LogP contribution < -0.4 is 5.32 Å². The number of carbonyl (C=O) groups is 1. The molecule has 0 radical (unpaired) electrons. The van der Waals surface area contributed by atoms with Crippen molar-refractivity contribution in [3.63, 3.8) is 0 Å². The first-order valence-corrected chi connectivity index (χ1v) is 7.40. The molecule has 3 heteroatoms. The Morgan fingerprint density at radius 1 is 1.05 bits per heavy atom. The number of benzene rings is 2. The van der Waals surface area contributed by atoms with Gasteiger partial charge in [0.05, 0.1) is 6.04 Å². The largest absolute Gasteiger partial charge is 0.346 e. The van der Waals surface area contributed by atoms with Crippen molar-refractivity contribution >= 4 is 17.5 Å². The molecule has 0 heterocycles. The molecular formula is C18H20ClNO. The molecule has 1 amide bonds. The molecule has 2 aromatic carbocycles. The summed E-state index contributed by atoms with van der Waals surface area (Å²) >= 11 is 5.93. The second kappa shape index (κ2) is 6.31. The summed E-state index contributed by atoms with van der Waals surface area (Å²) in [7, 11) is 0. The minimum Gasteiger partial charge on any atom is -0.346 e. The van der Waals surface area contributed by atoms with E-state index in [4.69, 9.17) is 11.6 Å². The van der Waals surface area contributed by atoms with E-state index >= 15 is 0 Å². The van der Waals surface area contributed by atoms with Gasteiger partial charge in [-0.2, -0.15) is 0 Å². The highest BCUT2D eigenvalue weighted by Crippen LogP contribution is 2.22. The molecule has 1 N–H and O–H groups in total. The van der Waals surface area contributed by atoms with Gasteiger partial charge in [0.2, 0.25) is 0 Å². The van der Waals surface area contributed by atoms with Crippen molar-refractivity contribution < 1.29 is 4.79 Å². The summed E-state index contributed by atoms with van der Waals surface area (Å²) in [6, 6.07) is 11.2. The molecule has 0 saturated carbocycles. The van der Waals surface area contributed by atoms with E-state index in [0.29, 0.717) is 10.6 Å². The van der Waals surface area contributed by atoms with E-state index in [1.807, 2.05) is 6.92 Å². The first kappa shape index (κ1) is 15.6. The number of carbonyl (C=O) groups excluding carboxylic acids is 1. The lowest BCUT2D eigenvalue weighted by Crippen LogP contribution is -2.27. The summed E-state index contributed by atoms with van der Waals surface area (Å²) < 4.78 is 0. The van der Waals surface area contributed by atoms with Crippen molar-refractivity contribution in [1.29, 1.82) is 0 Å². The summed E-state index contributed by atoms with van der Waals surface area (Å²) in [6.07, 6.45) is 0. The van der Waals surface area contributed by atoms with E-state index < -0.39 is 0 Å². The van der Waals surface area contributed by atoms with Crippen LogP contribution in [0.1, 0.15) is 45.6 Å². The first-order valence-electron chi connectivity index (χ1n) is 7.02. The Hall–Kier alpha value is -1.80. The van der Waals surface area contributed by atoms with Crippen molar-refractivity contribution in [3.8, 4) is 0 Å². The van der Waals surface area contributed by atoms with Crippen LogP contribution in [0, 0.1) is 20.8 Å². The van der Waals surface area contributed by atoms with Gasteiger partial charge in [-0.05, 0) is 68.1 Å². The standard InChI is InChI=1S/C18H20ClNO/c1-11-8-13(3)17(9-12(11)2)14(4)20-18(21)15-6-5-7-16(19)10-15/h5-10,14H,1-4H3,(H,20,21)/t14-/m1/s1. The summed E-state index contributed by atoms with van der Waals surface area (Å²) in [4.78, 5) is 12.3. The molecule has 1 atom stereocenters. The lowest BCUT2D eigenvalue weighted by atomic mass is 9.96. The van der Waals surface area contributed by atoms with Crippen molar-refractivity contribution in [1.82, 2.24) is 5.32 Å². The van der Waals surface area contributed by atoms with Crippen LogP contribution in [0.4, 0.5) is 0 Å². The van der Waals surface area contributed by atoms with Gasteiger partial charge in [0.1, 0.15) is 0 Å². The predicted octanol–water partition coefficient (Wildman–Crippen LogP) is 4.76. The van der Waals surface area contributed by atoms with E-state index in [9.17, 15) is 4.79 Å². The van der Waals surface area contributed by atoms with E-state index in [-0.39, 0.29) is 11.9 Å². The van der Waals surface area contributed by atoms with Gasteiger partial charge in [-0.15, -0.1) is 0 Å². The summed E-state index contributed by atoms with van der Waals surface area (Å²) in [5.74, 6) is -0.109. The summed E-state index contributed by atoms with van der Waals surface area (Å²) in [5, 5.41) is 3.60. The third-order valence-electron chi connectivity index (χ3n) is 3.78. The van der Waals surface area contributed by atoms with Gasteiger partial charge in [0, 0.05) is 10.6 Å². The number of amides is 1. The Morgan fingerprint density at radius 3 is 2.38 bits per heavy atom. The van der Waals surface area contributed by atoms with Gasteiger partial charge in [-0.1, -0.05) is 29.8 Å². The third-order valence-corrected chi connectivity index (χ3v) is 4.02. The minimum atomic E-state index is -0.109. The highest BCUT2D eigenvalue weighted by molar-refractivity contribution is 6.30. The van der Waals surface area contributed by atoms with Crippen LogP contribution in [0.3, 0.4) is 0 Å². The zero-order valence-electron chi connectivity index (χ0n) is 12.8. The number of halogens is 1. The molecule has 0 aliphatic carbocycles. The molecule has 0 spiro atoms. The SMILES string of the molecule is Cc1cc(C)c([C@@H](C)NC(=O)c2cccc(Cl)c2)cc1C. The van der Waals surface area contributed by atoms with Gasteiger partial charge in [0.15, 0.2) is 0 Å².